The lowest BCUT2D eigenvalue weighted by Gasteiger charge is -2.06. The van der Waals surface area contributed by atoms with Gasteiger partial charge in [-0.05, 0) is 46.3 Å². The molecular formula is C12H6BrClN2OS. The highest BCUT2D eigenvalue weighted by Crippen LogP contribution is 2.26. The van der Waals surface area contributed by atoms with Crippen LogP contribution in [0.1, 0.15) is 15.2 Å². The molecule has 0 aliphatic rings. The third-order valence-corrected chi connectivity index (χ3v) is 4.09. The van der Waals surface area contributed by atoms with Crippen LogP contribution in [-0.4, -0.2) is 5.91 Å². The van der Waals surface area contributed by atoms with E-state index in [2.05, 4.69) is 21.2 Å². The zero-order valence-electron chi connectivity index (χ0n) is 8.91. The maximum atomic E-state index is 11.9. The summed E-state index contributed by atoms with van der Waals surface area (Å²) >= 11 is 10.6. The van der Waals surface area contributed by atoms with Gasteiger partial charge in [0.1, 0.15) is 0 Å². The highest BCUT2D eigenvalue weighted by molar-refractivity contribution is 9.11. The minimum atomic E-state index is -0.248. The first kappa shape index (κ1) is 13.1. The lowest BCUT2D eigenvalue weighted by atomic mass is 10.2. The van der Waals surface area contributed by atoms with E-state index in [-0.39, 0.29) is 5.91 Å². The molecule has 2 rings (SSSR count). The van der Waals surface area contributed by atoms with Crippen molar-refractivity contribution in [2.45, 2.75) is 0 Å². The highest BCUT2D eigenvalue weighted by Gasteiger charge is 2.11. The van der Waals surface area contributed by atoms with Crippen molar-refractivity contribution in [2.75, 3.05) is 5.32 Å². The Morgan fingerprint density at radius 2 is 2.17 bits per heavy atom. The van der Waals surface area contributed by atoms with Gasteiger partial charge in [-0.3, -0.25) is 4.79 Å². The molecule has 0 spiro atoms. The van der Waals surface area contributed by atoms with Crippen LogP contribution in [0.4, 0.5) is 5.69 Å². The van der Waals surface area contributed by atoms with Crippen LogP contribution in [0.15, 0.2) is 34.1 Å². The number of benzene rings is 1. The van der Waals surface area contributed by atoms with E-state index in [0.29, 0.717) is 21.2 Å². The van der Waals surface area contributed by atoms with Crippen LogP contribution in [0.25, 0.3) is 0 Å². The van der Waals surface area contributed by atoms with Crippen LogP contribution in [0.5, 0.6) is 0 Å². The lowest BCUT2D eigenvalue weighted by molar-refractivity contribution is 0.103. The van der Waals surface area contributed by atoms with E-state index in [9.17, 15) is 4.79 Å². The van der Waals surface area contributed by atoms with Gasteiger partial charge in [0.15, 0.2) is 0 Å². The molecule has 0 unspecified atom stereocenters. The second-order valence-electron chi connectivity index (χ2n) is 3.36. The number of halogens is 2. The molecule has 1 aromatic heterocycles. The van der Waals surface area contributed by atoms with Gasteiger partial charge in [-0.2, -0.15) is 5.26 Å². The second kappa shape index (κ2) is 5.53. The van der Waals surface area contributed by atoms with E-state index in [1.807, 2.05) is 6.07 Å². The molecule has 0 aliphatic heterocycles. The Bertz CT molecular complexity index is 648. The summed E-state index contributed by atoms with van der Waals surface area (Å²) in [6, 6.07) is 10.2. The summed E-state index contributed by atoms with van der Waals surface area (Å²) in [5.41, 5.74) is 0.882. The van der Waals surface area contributed by atoms with E-state index in [1.54, 1.807) is 30.3 Å². The lowest BCUT2D eigenvalue weighted by Crippen LogP contribution is -2.10. The van der Waals surface area contributed by atoms with Crippen LogP contribution in [0.2, 0.25) is 5.02 Å². The summed E-state index contributed by atoms with van der Waals surface area (Å²) in [5.74, 6) is -0.248. The van der Waals surface area contributed by atoms with E-state index >= 15 is 0 Å². The van der Waals surface area contributed by atoms with Crippen LogP contribution >= 0.6 is 38.9 Å². The smallest absolute Gasteiger partial charge is 0.265 e. The molecule has 1 N–H and O–H groups in total. The minimum Gasteiger partial charge on any atom is -0.320 e. The zero-order valence-corrected chi connectivity index (χ0v) is 12.1. The van der Waals surface area contributed by atoms with Gasteiger partial charge in [0.05, 0.1) is 31.0 Å². The number of carbonyl (C=O) groups excluding carboxylic acids is 1. The zero-order chi connectivity index (χ0) is 13.1. The van der Waals surface area contributed by atoms with Gasteiger partial charge >= 0.3 is 0 Å². The number of amides is 1. The molecule has 1 aromatic carbocycles. The van der Waals surface area contributed by atoms with Crippen molar-refractivity contribution in [1.82, 2.24) is 0 Å². The molecule has 0 bridgehead atoms. The summed E-state index contributed by atoms with van der Waals surface area (Å²) in [4.78, 5) is 12.5. The van der Waals surface area contributed by atoms with Crippen LogP contribution in [-0.2, 0) is 0 Å². The average Bonchev–Trinajstić information content (AvgIpc) is 2.79. The van der Waals surface area contributed by atoms with E-state index in [1.165, 1.54) is 11.3 Å². The van der Waals surface area contributed by atoms with Crippen molar-refractivity contribution in [3.63, 3.8) is 0 Å². The van der Waals surface area contributed by atoms with Crippen LogP contribution in [0, 0.1) is 11.3 Å². The number of hydrogen-bond acceptors (Lipinski definition) is 3. The number of carbonyl (C=O) groups is 1. The molecule has 18 heavy (non-hydrogen) atoms. The number of thiophene rings is 1. The molecule has 0 atom stereocenters. The van der Waals surface area contributed by atoms with Crippen molar-refractivity contribution < 1.29 is 4.79 Å². The Kier molecular flexibility index (Phi) is 4.02. The Labute approximate surface area is 121 Å². The SMILES string of the molecule is N#Cc1ccc(Cl)c(NC(=O)c2ccc(Br)s2)c1. The summed E-state index contributed by atoms with van der Waals surface area (Å²) in [6.07, 6.45) is 0. The van der Waals surface area contributed by atoms with Gasteiger partial charge in [-0.15, -0.1) is 11.3 Å². The number of anilines is 1. The maximum Gasteiger partial charge on any atom is 0.265 e. The molecule has 0 saturated carbocycles. The molecule has 6 heteroatoms. The van der Waals surface area contributed by atoms with Gasteiger partial charge in [0, 0.05) is 0 Å². The van der Waals surface area contributed by atoms with E-state index in [4.69, 9.17) is 16.9 Å². The molecule has 0 fully saturated rings. The average molecular weight is 342 g/mol. The number of nitriles is 1. The molecule has 90 valence electrons. The number of nitrogens with zero attached hydrogens (tertiary/aromatic N) is 1. The molecule has 0 saturated heterocycles. The van der Waals surface area contributed by atoms with E-state index in [0.717, 1.165) is 3.79 Å². The maximum absolute atomic E-state index is 11.9. The predicted octanol–water partition coefficient (Wildman–Crippen LogP) is 4.29. The third kappa shape index (κ3) is 2.91. The molecule has 1 heterocycles. The fourth-order valence-electron chi connectivity index (χ4n) is 1.31. The quantitative estimate of drug-likeness (QED) is 0.886. The van der Waals surface area contributed by atoms with E-state index < -0.39 is 0 Å². The minimum absolute atomic E-state index is 0.248. The largest absolute Gasteiger partial charge is 0.320 e. The number of rotatable bonds is 2. The first-order chi connectivity index (χ1) is 8.60. The summed E-state index contributed by atoms with van der Waals surface area (Å²) in [5, 5.41) is 11.9. The van der Waals surface area contributed by atoms with Gasteiger partial charge in [-0.25, -0.2) is 0 Å². The predicted molar refractivity (Wildman–Crippen MR) is 76.1 cm³/mol. The second-order valence-corrected chi connectivity index (χ2v) is 6.23. The number of nitrogens with one attached hydrogen (secondary N) is 1. The first-order valence-electron chi connectivity index (χ1n) is 4.86. The molecule has 0 radical (unpaired) electrons. The Morgan fingerprint density at radius 3 is 2.78 bits per heavy atom. The molecule has 0 aliphatic carbocycles. The topological polar surface area (TPSA) is 52.9 Å². The van der Waals surface area contributed by atoms with Crippen molar-refractivity contribution >= 4 is 50.5 Å². The molecular weight excluding hydrogens is 336 g/mol. The van der Waals surface area contributed by atoms with Crippen LogP contribution < -0.4 is 5.32 Å². The Morgan fingerprint density at radius 1 is 1.39 bits per heavy atom. The normalized spacial score (nSPS) is 9.83. The highest BCUT2D eigenvalue weighted by atomic mass is 79.9. The molecule has 2 aromatic rings. The third-order valence-electron chi connectivity index (χ3n) is 2.14. The van der Waals surface area contributed by atoms with Gasteiger partial charge < -0.3 is 5.32 Å². The van der Waals surface area contributed by atoms with Crippen molar-refractivity contribution in [2.24, 2.45) is 0 Å². The molecule has 1 amide bonds. The molecule has 3 nitrogen and oxygen atoms in total. The fraction of sp³-hybridized carbons (Fsp3) is 0. The van der Waals surface area contributed by atoms with Gasteiger partial charge in [0.25, 0.3) is 5.91 Å². The first-order valence-corrected chi connectivity index (χ1v) is 6.85. The van der Waals surface area contributed by atoms with Crippen LogP contribution in [0.3, 0.4) is 0 Å². The van der Waals surface area contributed by atoms with Crippen molar-refractivity contribution in [1.29, 1.82) is 5.26 Å². The standard InChI is InChI=1S/C12H6BrClN2OS/c13-11-4-3-10(18-11)12(17)16-9-5-7(6-15)1-2-8(9)14/h1-5H,(H,16,17). The van der Waals surface area contributed by atoms with Gasteiger partial charge in [0.2, 0.25) is 0 Å². The van der Waals surface area contributed by atoms with Crippen molar-refractivity contribution in [3.8, 4) is 6.07 Å². The Balaban J connectivity index is 2.24. The summed E-state index contributed by atoms with van der Waals surface area (Å²) < 4.78 is 0.879. The summed E-state index contributed by atoms with van der Waals surface area (Å²) in [6.45, 7) is 0. The summed E-state index contributed by atoms with van der Waals surface area (Å²) in [7, 11) is 0. The fourth-order valence-corrected chi connectivity index (χ4v) is 2.76. The Hall–Kier alpha value is -1.35. The van der Waals surface area contributed by atoms with Crippen molar-refractivity contribution in [3.05, 3.63) is 49.6 Å². The van der Waals surface area contributed by atoms with Gasteiger partial charge in [-0.1, -0.05) is 11.6 Å². The monoisotopic (exact) mass is 340 g/mol. The number of hydrogen-bond donors (Lipinski definition) is 1.